The first-order chi connectivity index (χ1) is 15.0. The number of hydrogen-bond donors (Lipinski definition) is 0. The zero-order valence-electron chi connectivity index (χ0n) is 17.9. The molecule has 31 heavy (non-hydrogen) atoms. The quantitative estimate of drug-likeness (QED) is 0.442. The molecule has 1 aliphatic heterocycles. The molecule has 0 amide bonds. The summed E-state index contributed by atoms with van der Waals surface area (Å²) in [5, 5.41) is 1.08. The number of hydrogen-bond acceptors (Lipinski definition) is 3. The number of benzene rings is 3. The predicted molar refractivity (Wildman–Crippen MR) is 129 cm³/mol. The van der Waals surface area contributed by atoms with Gasteiger partial charge in [-0.3, -0.25) is 0 Å². The molecule has 3 aromatic carbocycles. The molecule has 0 N–H and O–H groups in total. The van der Waals surface area contributed by atoms with Gasteiger partial charge in [-0.15, -0.1) is 0 Å². The minimum absolute atomic E-state index is 0.167. The van der Waals surface area contributed by atoms with Crippen LogP contribution in [0.4, 0.5) is 0 Å². The molecular weight excluding hydrogens is 469 g/mol. The summed E-state index contributed by atoms with van der Waals surface area (Å²) in [6, 6.07) is 28.4. The molecule has 0 unspecified atom stereocenters. The van der Waals surface area contributed by atoms with E-state index < -0.39 is 9.84 Å². The van der Waals surface area contributed by atoms with Crippen LogP contribution in [0.25, 0.3) is 0 Å². The van der Waals surface area contributed by atoms with Crippen molar-refractivity contribution in [2.75, 3.05) is 18.8 Å². The number of aryl methyl sites for hydroxylation is 1. The molecule has 0 aromatic heterocycles. The molecule has 0 spiro atoms. The van der Waals surface area contributed by atoms with Gasteiger partial charge in [0.2, 0.25) is 0 Å². The van der Waals surface area contributed by atoms with Crippen LogP contribution in [-0.4, -0.2) is 47.1 Å². The molecule has 5 heteroatoms. The summed E-state index contributed by atoms with van der Waals surface area (Å²) in [7, 11) is -3.29. The third-order valence-electron chi connectivity index (χ3n) is 5.92. The van der Waals surface area contributed by atoms with E-state index in [9.17, 15) is 8.42 Å². The van der Waals surface area contributed by atoms with Crippen molar-refractivity contribution >= 4 is 29.3 Å². The Morgan fingerprint density at radius 2 is 1.45 bits per heavy atom. The second-order valence-electron chi connectivity index (χ2n) is 8.42. The molecule has 162 valence electrons. The van der Waals surface area contributed by atoms with Crippen LogP contribution in [0.3, 0.4) is 0 Å². The number of rotatable bonds is 8. The average molecular weight is 499 g/mol. The Kier molecular flexibility index (Phi) is 7.29. The molecule has 1 fully saturated rings. The fourth-order valence-electron chi connectivity index (χ4n) is 4.23. The zero-order chi connectivity index (χ0) is 21.7. The Morgan fingerprint density at radius 3 is 2.13 bits per heavy atom. The first-order valence-corrected chi connectivity index (χ1v) is 14.5. The van der Waals surface area contributed by atoms with Gasteiger partial charge in [-0.05, 0) is 0 Å². The van der Waals surface area contributed by atoms with Crippen molar-refractivity contribution in [2.24, 2.45) is 11.8 Å². The molecule has 0 bridgehead atoms. The first-order valence-electron chi connectivity index (χ1n) is 10.7. The van der Waals surface area contributed by atoms with Gasteiger partial charge in [0, 0.05) is 0 Å². The number of likely N-dealkylation sites (tertiary alicyclic amines) is 1. The topological polar surface area (TPSA) is 37.4 Å². The van der Waals surface area contributed by atoms with Crippen LogP contribution in [0.2, 0.25) is 5.32 Å². The van der Waals surface area contributed by atoms with Crippen LogP contribution in [0, 0.1) is 18.8 Å². The zero-order valence-corrected chi connectivity index (χ0v) is 20.4. The van der Waals surface area contributed by atoms with Gasteiger partial charge < -0.3 is 0 Å². The van der Waals surface area contributed by atoms with Crippen LogP contribution in [0.1, 0.15) is 11.1 Å². The molecule has 3 aromatic rings. The molecule has 2 atom stereocenters. The summed E-state index contributed by atoms with van der Waals surface area (Å²) in [4.78, 5) is 2.89. The summed E-state index contributed by atoms with van der Waals surface area (Å²) in [5.74, 6) is 0.807. The normalized spacial score (nSPS) is 19.5. The van der Waals surface area contributed by atoms with Gasteiger partial charge in [0.05, 0.1) is 0 Å². The third kappa shape index (κ3) is 6.08. The van der Waals surface area contributed by atoms with Gasteiger partial charge in [-0.1, -0.05) is 0 Å². The monoisotopic (exact) mass is 499 g/mol. The Bertz CT molecular complexity index is 1070. The molecule has 0 radical (unpaired) electrons. The summed E-state index contributed by atoms with van der Waals surface area (Å²) in [6.45, 7) is 4.68. The molecule has 4 rings (SSSR count). The van der Waals surface area contributed by atoms with E-state index in [0.717, 1.165) is 30.5 Å². The number of sulfone groups is 1. The van der Waals surface area contributed by atoms with Gasteiger partial charge >= 0.3 is 193 Å². The molecular formula is C26H29NO2SSe. The summed E-state index contributed by atoms with van der Waals surface area (Å²) in [5.41, 5.74) is 2.37. The molecule has 0 aliphatic carbocycles. The van der Waals surface area contributed by atoms with E-state index in [0.29, 0.717) is 25.8 Å². The van der Waals surface area contributed by atoms with Crippen LogP contribution >= 0.6 is 0 Å². The van der Waals surface area contributed by atoms with Gasteiger partial charge in [-0.2, -0.15) is 0 Å². The van der Waals surface area contributed by atoms with Crippen LogP contribution < -0.4 is 4.46 Å². The Morgan fingerprint density at radius 1 is 0.839 bits per heavy atom. The van der Waals surface area contributed by atoms with E-state index in [-0.39, 0.29) is 11.7 Å². The molecule has 1 heterocycles. The molecule has 0 saturated carbocycles. The molecule has 1 aliphatic rings. The fraction of sp³-hybridized carbons (Fsp3) is 0.308. The molecule has 1 saturated heterocycles. The van der Waals surface area contributed by atoms with Crippen molar-refractivity contribution in [3.05, 3.63) is 96.1 Å². The van der Waals surface area contributed by atoms with Crippen molar-refractivity contribution < 1.29 is 8.42 Å². The maximum absolute atomic E-state index is 13.2. The standard InChI is InChI=1S/C26H29NO2SSe/c1-21-12-14-25(15-13-21)30(28,29)19-23-17-27(16-22-8-4-2-5-9-22)18-24(23)20-31-26-10-6-3-7-11-26/h2-15,23-24H,16-20H2,1H3/t23-,24-/m1/s1. The van der Waals surface area contributed by atoms with Crippen LogP contribution in [-0.2, 0) is 16.4 Å². The van der Waals surface area contributed by atoms with Crippen molar-refractivity contribution in [1.29, 1.82) is 0 Å². The van der Waals surface area contributed by atoms with Crippen molar-refractivity contribution in [1.82, 2.24) is 4.90 Å². The van der Waals surface area contributed by atoms with E-state index in [1.54, 1.807) is 12.1 Å². The van der Waals surface area contributed by atoms with Gasteiger partial charge in [0.1, 0.15) is 0 Å². The van der Waals surface area contributed by atoms with Gasteiger partial charge in [0.15, 0.2) is 0 Å². The van der Waals surface area contributed by atoms with E-state index >= 15 is 0 Å². The van der Waals surface area contributed by atoms with Crippen LogP contribution in [0.15, 0.2) is 89.8 Å². The van der Waals surface area contributed by atoms with Crippen molar-refractivity contribution in [3.8, 4) is 0 Å². The van der Waals surface area contributed by atoms with E-state index in [2.05, 4.69) is 53.4 Å². The van der Waals surface area contributed by atoms with Gasteiger partial charge in [0.25, 0.3) is 0 Å². The van der Waals surface area contributed by atoms with Gasteiger partial charge in [-0.25, -0.2) is 0 Å². The fourth-order valence-corrected chi connectivity index (χ4v) is 8.29. The third-order valence-corrected chi connectivity index (χ3v) is 10.3. The Balaban J connectivity index is 1.49. The average Bonchev–Trinajstić information content (AvgIpc) is 3.14. The predicted octanol–water partition coefficient (Wildman–Crippen LogP) is 3.96. The Labute approximate surface area is 192 Å². The van der Waals surface area contributed by atoms with E-state index in [1.165, 1.54) is 10.0 Å². The van der Waals surface area contributed by atoms with Crippen LogP contribution in [0.5, 0.6) is 0 Å². The number of nitrogens with zero attached hydrogens (tertiary/aromatic N) is 1. The van der Waals surface area contributed by atoms with Crippen molar-refractivity contribution in [2.45, 2.75) is 23.7 Å². The summed E-state index contributed by atoms with van der Waals surface area (Å²) in [6.07, 6.45) is 0. The second-order valence-corrected chi connectivity index (χ2v) is 12.7. The SMILES string of the molecule is Cc1ccc(S(=O)(=O)C[C@H]2CN(Cc3ccccc3)C[C@@H]2C[Se]c2ccccc2)cc1. The maximum atomic E-state index is 13.2. The summed E-state index contributed by atoms with van der Waals surface area (Å²) >= 11 is 0.362. The minimum atomic E-state index is -3.29. The first kappa shape index (κ1) is 22.3. The van der Waals surface area contributed by atoms with E-state index in [4.69, 9.17) is 0 Å². The summed E-state index contributed by atoms with van der Waals surface area (Å²) < 4.78 is 27.7. The van der Waals surface area contributed by atoms with Crippen molar-refractivity contribution in [3.63, 3.8) is 0 Å². The second kappa shape index (κ2) is 10.1. The Hall–Kier alpha value is -1.91. The van der Waals surface area contributed by atoms with E-state index in [1.807, 2.05) is 31.2 Å². The molecule has 3 nitrogen and oxygen atoms in total.